The number of carbonyl (C=O) groups excluding carboxylic acids is 1. The molecular weight excluding hydrogens is 738 g/mol. The zero-order valence-corrected chi connectivity index (χ0v) is 34.0. The molecule has 0 aliphatic carbocycles. The summed E-state index contributed by atoms with van der Waals surface area (Å²) in [5.41, 5.74) is 0. The lowest BCUT2D eigenvalue weighted by Crippen LogP contribution is -2.65. The Kier molecular flexibility index (Phi) is 27.4. The fourth-order valence-electron chi connectivity index (χ4n) is 6.43. The fraction of sp³-hybridized carbons (Fsp3) is 0.744. The second-order valence-electron chi connectivity index (χ2n) is 14.7. The Morgan fingerprint density at radius 3 is 1.89 bits per heavy atom. The van der Waals surface area contributed by atoms with Gasteiger partial charge in [0.25, 0.3) is 0 Å². The first kappa shape index (κ1) is 50.8. The van der Waals surface area contributed by atoms with Crippen molar-refractivity contribution in [3.8, 4) is 0 Å². The normalized spacial score (nSPS) is 29.7. The van der Waals surface area contributed by atoms with Crippen LogP contribution >= 0.6 is 0 Å². The largest absolute Gasteiger partial charge is 0.394 e. The van der Waals surface area contributed by atoms with Crippen LogP contribution in [0.5, 0.6) is 0 Å². The number of hydrogen-bond acceptors (Lipinski definition) is 13. The first-order valence-electron chi connectivity index (χ1n) is 21.0. The quantitative estimate of drug-likeness (QED) is 0.0392. The number of amides is 1. The zero-order chi connectivity index (χ0) is 41.8. The molecule has 2 fully saturated rings. The minimum absolute atomic E-state index is 0.235. The molecule has 0 aromatic heterocycles. The number of aliphatic hydroxyl groups excluding tert-OH is 8. The third kappa shape index (κ3) is 19.5. The fourth-order valence-corrected chi connectivity index (χ4v) is 6.43. The van der Waals surface area contributed by atoms with E-state index in [1.807, 2.05) is 6.08 Å². The van der Waals surface area contributed by atoms with Crippen LogP contribution in [0.2, 0.25) is 0 Å². The van der Waals surface area contributed by atoms with E-state index in [1.165, 1.54) is 19.3 Å². The maximum Gasteiger partial charge on any atom is 0.220 e. The highest BCUT2D eigenvalue weighted by molar-refractivity contribution is 5.76. The Morgan fingerprint density at radius 2 is 1.23 bits per heavy atom. The number of hydrogen-bond donors (Lipinski definition) is 9. The highest BCUT2D eigenvalue weighted by atomic mass is 16.7. The van der Waals surface area contributed by atoms with Crippen LogP contribution in [-0.2, 0) is 23.7 Å². The molecule has 2 saturated heterocycles. The molecule has 14 heteroatoms. The van der Waals surface area contributed by atoms with Crippen molar-refractivity contribution < 1.29 is 64.6 Å². The molecule has 12 atom stereocenters. The van der Waals surface area contributed by atoms with E-state index >= 15 is 0 Å². The summed E-state index contributed by atoms with van der Waals surface area (Å²) in [6, 6.07) is -0.945. The van der Waals surface area contributed by atoms with E-state index in [0.717, 1.165) is 57.8 Å². The van der Waals surface area contributed by atoms with E-state index in [2.05, 4.69) is 67.8 Å². The van der Waals surface area contributed by atoms with E-state index < -0.39 is 86.8 Å². The van der Waals surface area contributed by atoms with Crippen molar-refractivity contribution in [2.45, 2.75) is 184 Å². The molecule has 0 radical (unpaired) electrons. The monoisotopic (exact) mass is 812 g/mol. The Hall–Kier alpha value is -2.31. The summed E-state index contributed by atoms with van der Waals surface area (Å²) in [4.78, 5) is 13.0. The standard InChI is InChI=1S/C43H73NO13/c1-3-5-7-9-11-13-15-16-17-19-21-23-25-27-35(48)44-31(32(47)26-24-22-20-18-14-12-10-8-6-4-2)30-54-42-40(53)38(51)41(34(29-46)56-42)57-43-39(52)37(50)36(49)33(28-45)55-43/h5,7,11,13-14,16-18,24,26,31-34,36-43,45-47,49-53H,3-4,6,8-10,12,15,19-23,25,27-30H2,1-2H3,(H,44,48)/b7-5-,13-11-,17-16-,18-14+,26-24+. The van der Waals surface area contributed by atoms with Gasteiger partial charge in [0.15, 0.2) is 12.6 Å². The van der Waals surface area contributed by atoms with E-state index in [-0.39, 0.29) is 18.9 Å². The third-order valence-corrected chi connectivity index (χ3v) is 9.94. The molecule has 0 aromatic carbocycles. The molecule has 12 unspecified atom stereocenters. The second-order valence-corrected chi connectivity index (χ2v) is 14.7. The van der Waals surface area contributed by atoms with Crippen LogP contribution in [0.1, 0.15) is 110 Å². The van der Waals surface area contributed by atoms with Crippen molar-refractivity contribution in [1.29, 1.82) is 0 Å². The van der Waals surface area contributed by atoms with Gasteiger partial charge in [-0.15, -0.1) is 0 Å². The average Bonchev–Trinajstić information content (AvgIpc) is 3.21. The predicted octanol–water partition coefficient (Wildman–Crippen LogP) is 3.15. The van der Waals surface area contributed by atoms with Crippen LogP contribution in [0.3, 0.4) is 0 Å². The number of aliphatic hydroxyl groups is 8. The number of carbonyl (C=O) groups is 1. The molecule has 2 heterocycles. The summed E-state index contributed by atoms with van der Waals surface area (Å²) in [5.74, 6) is -0.286. The van der Waals surface area contributed by atoms with Gasteiger partial charge in [-0.05, 0) is 64.2 Å². The molecule has 0 bridgehead atoms. The summed E-state index contributed by atoms with van der Waals surface area (Å²) < 4.78 is 22.5. The number of ether oxygens (including phenoxy) is 4. The maximum absolute atomic E-state index is 13.0. The lowest BCUT2D eigenvalue weighted by Gasteiger charge is -2.46. The van der Waals surface area contributed by atoms with Gasteiger partial charge in [-0.2, -0.15) is 0 Å². The molecule has 0 aromatic rings. The topological polar surface area (TPSA) is 228 Å². The third-order valence-electron chi connectivity index (χ3n) is 9.94. The second kappa shape index (κ2) is 30.7. The van der Waals surface area contributed by atoms with Crippen LogP contribution in [-0.4, -0.2) is 140 Å². The Balaban J connectivity index is 1.96. The van der Waals surface area contributed by atoms with Gasteiger partial charge < -0.3 is 65.1 Å². The predicted molar refractivity (Wildman–Crippen MR) is 217 cm³/mol. The summed E-state index contributed by atoms with van der Waals surface area (Å²) in [6.07, 6.45) is 17.2. The van der Waals surface area contributed by atoms with E-state index in [0.29, 0.717) is 12.8 Å². The molecule has 0 saturated carbocycles. The van der Waals surface area contributed by atoms with Crippen LogP contribution in [0.25, 0.3) is 0 Å². The molecule has 1 amide bonds. The number of nitrogens with one attached hydrogen (secondary N) is 1. The molecule has 0 spiro atoms. The van der Waals surface area contributed by atoms with Gasteiger partial charge in [0.05, 0.1) is 32.0 Å². The number of rotatable bonds is 29. The van der Waals surface area contributed by atoms with Gasteiger partial charge in [0.2, 0.25) is 5.91 Å². The summed E-state index contributed by atoms with van der Waals surface area (Å²) in [7, 11) is 0. The molecule has 328 valence electrons. The van der Waals surface area contributed by atoms with Crippen LogP contribution < -0.4 is 5.32 Å². The molecule has 2 aliphatic heterocycles. The zero-order valence-electron chi connectivity index (χ0n) is 34.0. The molecule has 9 N–H and O–H groups in total. The van der Waals surface area contributed by atoms with Gasteiger partial charge in [-0.25, -0.2) is 0 Å². The molecule has 14 nitrogen and oxygen atoms in total. The molecular formula is C43H73NO13. The SMILES string of the molecule is CC/C=C\C/C=C\C/C=C\CCCCCC(=O)NC(COC1OC(CO)C(OC2OC(CO)C(O)C(O)C2O)C(O)C1O)C(O)/C=C/CC/C=C/CCCCCC. The minimum atomic E-state index is -1.79. The number of allylic oxidation sites excluding steroid dienone is 9. The van der Waals surface area contributed by atoms with Crippen molar-refractivity contribution in [3.05, 3.63) is 60.8 Å². The highest BCUT2D eigenvalue weighted by Gasteiger charge is 2.50. The van der Waals surface area contributed by atoms with Gasteiger partial charge in [0.1, 0.15) is 48.8 Å². The van der Waals surface area contributed by atoms with E-state index in [9.17, 15) is 45.6 Å². The summed E-state index contributed by atoms with van der Waals surface area (Å²) >= 11 is 0. The minimum Gasteiger partial charge on any atom is -0.394 e. The van der Waals surface area contributed by atoms with Crippen LogP contribution in [0.4, 0.5) is 0 Å². The van der Waals surface area contributed by atoms with Crippen LogP contribution in [0, 0.1) is 0 Å². The number of unbranched alkanes of at least 4 members (excludes halogenated alkanes) is 8. The van der Waals surface area contributed by atoms with Crippen molar-refractivity contribution in [3.63, 3.8) is 0 Å². The van der Waals surface area contributed by atoms with E-state index in [1.54, 1.807) is 6.08 Å². The molecule has 57 heavy (non-hydrogen) atoms. The Bertz CT molecular complexity index is 1190. The smallest absolute Gasteiger partial charge is 0.220 e. The summed E-state index contributed by atoms with van der Waals surface area (Å²) in [6.45, 7) is 2.53. The Morgan fingerprint density at radius 1 is 0.649 bits per heavy atom. The molecule has 2 aliphatic rings. The summed E-state index contributed by atoms with van der Waals surface area (Å²) in [5, 5.41) is 86.1. The van der Waals surface area contributed by atoms with Crippen molar-refractivity contribution in [1.82, 2.24) is 5.32 Å². The van der Waals surface area contributed by atoms with Crippen molar-refractivity contribution in [2.75, 3.05) is 19.8 Å². The van der Waals surface area contributed by atoms with E-state index in [4.69, 9.17) is 18.9 Å². The highest BCUT2D eigenvalue weighted by Crippen LogP contribution is 2.29. The Labute approximate surface area is 339 Å². The first-order valence-corrected chi connectivity index (χ1v) is 21.0. The molecule has 2 rings (SSSR count). The van der Waals surface area contributed by atoms with Gasteiger partial charge in [0, 0.05) is 6.42 Å². The van der Waals surface area contributed by atoms with Crippen LogP contribution in [0.15, 0.2) is 60.8 Å². The van der Waals surface area contributed by atoms with Gasteiger partial charge in [-0.3, -0.25) is 4.79 Å². The lowest BCUT2D eigenvalue weighted by molar-refractivity contribution is -0.359. The van der Waals surface area contributed by atoms with Crippen molar-refractivity contribution in [2.24, 2.45) is 0 Å². The maximum atomic E-state index is 13.0. The average molecular weight is 812 g/mol. The first-order chi connectivity index (χ1) is 27.6. The van der Waals surface area contributed by atoms with Gasteiger partial charge in [-0.1, -0.05) is 100 Å². The van der Waals surface area contributed by atoms with Crippen molar-refractivity contribution >= 4 is 5.91 Å². The van der Waals surface area contributed by atoms with Gasteiger partial charge >= 0.3 is 0 Å². The lowest BCUT2D eigenvalue weighted by atomic mass is 9.97.